The lowest BCUT2D eigenvalue weighted by atomic mass is 9.70. The van der Waals surface area contributed by atoms with Gasteiger partial charge in [0.1, 0.15) is 0 Å². The van der Waals surface area contributed by atoms with Crippen molar-refractivity contribution in [3.63, 3.8) is 0 Å². The molecule has 1 spiro atoms. The summed E-state index contributed by atoms with van der Waals surface area (Å²) in [5.74, 6) is 0. The van der Waals surface area contributed by atoms with E-state index in [9.17, 15) is 0 Å². The fourth-order valence-corrected chi connectivity index (χ4v) is 6.79. The van der Waals surface area contributed by atoms with Crippen LogP contribution in [0.25, 0.3) is 44.5 Å². The van der Waals surface area contributed by atoms with Gasteiger partial charge in [0.15, 0.2) is 0 Å². The highest BCUT2D eigenvalue weighted by atomic mass is 14.6. The molecule has 0 fully saturated rings. The van der Waals surface area contributed by atoms with E-state index in [-0.39, 0.29) is 5.41 Å². The molecule has 2 aliphatic rings. The van der Waals surface area contributed by atoms with Crippen molar-refractivity contribution in [1.82, 2.24) is 4.98 Å². The van der Waals surface area contributed by atoms with E-state index in [1.165, 1.54) is 66.8 Å². The molecule has 8 rings (SSSR count). The van der Waals surface area contributed by atoms with Crippen LogP contribution in [-0.4, -0.2) is 4.98 Å². The minimum Gasteiger partial charge on any atom is -0.265 e. The second-order valence-electron chi connectivity index (χ2n) is 9.93. The Labute approximate surface area is 216 Å². The Hall–Kier alpha value is -4.75. The fourth-order valence-electron chi connectivity index (χ4n) is 6.79. The van der Waals surface area contributed by atoms with Crippen molar-refractivity contribution >= 4 is 0 Å². The molecule has 0 bridgehead atoms. The summed E-state index contributed by atoms with van der Waals surface area (Å²) in [6.45, 7) is 0. The molecule has 0 saturated heterocycles. The Morgan fingerprint density at radius 3 is 1.59 bits per heavy atom. The molecule has 1 aromatic heterocycles. The smallest absolute Gasteiger partial charge is 0.0725 e. The first-order valence-corrected chi connectivity index (χ1v) is 12.8. The lowest BCUT2D eigenvalue weighted by Crippen LogP contribution is -2.25. The van der Waals surface area contributed by atoms with E-state index < -0.39 is 0 Å². The average molecular weight is 470 g/mol. The van der Waals surface area contributed by atoms with E-state index in [4.69, 9.17) is 0 Å². The number of hydrogen-bond acceptors (Lipinski definition) is 1. The number of benzene rings is 5. The van der Waals surface area contributed by atoms with Crippen molar-refractivity contribution in [1.29, 1.82) is 0 Å². The SMILES string of the molecule is c1cc(-c2ccncc2)cc(-c2cccc3c2-c2ccccc2C32c3ccccc3-c3ccccc32)c1. The molecule has 2 aliphatic carbocycles. The van der Waals surface area contributed by atoms with Crippen LogP contribution in [0.15, 0.2) is 140 Å². The maximum Gasteiger partial charge on any atom is 0.0725 e. The lowest BCUT2D eigenvalue weighted by Gasteiger charge is -2.30. The third-order valence-electron chi connectivity index (χ3n) is 8.21. The van der Waals surface area contributed by atoms with Gasteiger partial charge in [-0.3, -0.25) is 4.98 Å². The highest BCUT2D eigenvalue weighted by Crippen LogP contribution is 2.63. The van der Waals surface area contributed by atoms with Gasteiger partial charge in [-0.1, -0.05) is 109 Å². The third-order valence-corrected chi connectivity index (χ3v) is 8.21. The third kappa shape index (κ3) is 2.66. The number of pyridine rings is 1. The predicted molar refractivity (Wildman–Crippen MR) is 151 cm³/mol. The summed E-state index contributed by atoms with van der Waals surface area (Å²) >= 11 is 0. The highest BCUT2D eigenvalue weighted by molar-refractivity contribution is 6.00. The molecule has 0 unspecified atom stereocenters. The second-order valence-corrected chi connectivity index (χ2v) is 9.93. The summed E-state index contributed by atoms with van der Waals surface area (Å²) in [6.07, 6.45) is 3.72. The molecule has 1 heterocycles. The van der Waals surface area contributed by atoms with Gasteiger partial charge < -0.3 is 0 Å². The minimum atomic E-state index is -0.308. The van der Waals surface area contributed by atoms with Crippen LogP contribution >= 0.6 is 0 Å². The molecule has 0 saturated carbocycles. The maximum atomic E-state index is 4.20. The Balaban J connectivity index is 1.46. The molecule has 0 N–H and O–H groups in total. The number of aromatic nitrogens is 1. The zero-order valence-corrected chi connectivity index (χ0v) is 20.2. The molecule has 6 aromatic rings. The van der Waals surface area contributed by atoms with Crippen molar-refractivity contribution in [3.05, 3.63) is 162 Å². The molecule has 172 valence electrons. The van der Waals surface area contributed by atoms with E-state index in [2.05, 4.69) is 132 Å². The van der Waals surface area contributed by atoms with Crippen LogP contribution in [0.5, 0.6) is 0 Å². The molecule has 1 nitrogen and oxygen atoms in total. The van der Waals surface area contributed by atoms with Gasteiger partial charge in [0.25, 0.3) is 0 Å². The molecule has 0 radical (unpaired) electrons. The van der Waals surface area contributed by atoms with Gasteiger partial charge in [-0.2, -0.15) is 0 Å². The number of nitrogens with zero attached hydrogens (tertiary/aromatic N) is 1. The molecular formula is C36H23N. The molecule has 5 aromatic carbocycles. The molecule has 0 aliphatic heterocycles. The van der Waals surface area contributed by atoms with Crippen LogP contribution in [-0.2, 0) is 5.41 Å². The zero-order chi connectivity index (χ0) is 24.4. The quantitative estimate of drug-likeness (QED) is 0.247. The molecule has 1 heteroatoms. The van der Waals surface area contributed by atoms with E-state index in [1.807, 2.05) is 12.4 Å². The fraction of sp³-hybridized carbons (Fsp3) is 0.0278. The minimum absolute atomic E-state index is 0.308. The van der Waals surface area contributed by atoms with Gasteiger partial charge in [-0.05, 0) is 85.0 Å². The number of fused-ring (bicyclic) bond motifs is 10. The normalized spacial score (nSPS) is 13.6. The Bertz CT molecular complexity index is 1780. The molecule has 37 heavy (non-hydrogen) atoms. The second kappa shape index (κ2) is 7.62. The summed E-state index contributed by atoms with van der Waals surface area (Å²) in [5, 5.41) is 0. The van der Waals surface area contributed by atoms with Crippen LogP contribution in [0.3, 0.4) is 0 Å². The van der Waals surface area contributed by atoms with Gasteiger partial charge in [0.05, 0.1) is 5.41 Å². The van der Waals surface area contributed by atoms with Crippen LogP contribution in [0.2, 0.25) is 0 Å². The van der Waals surface area contributed by atoms with Crippen molar-refractivity contribution in [2.24, 2.45) is 0 Å². The first-order valence-electron chi connectivity index (χ1n) is 12.8. The van der Waals surface area contributed by atoms with Gasteiger partial charge >= 0.3 is 0 Å². The van der Waals surface area contributed by atoms with Crippen molar-refractivity contribution in [2.45, 2.75) is 5.41 Å². The molecule has 0 amide bonds. The van der Waals surface area contributed by atoms with Gasteiger partial charge in [-0.25, -0.2) is 0 Å². The Morgan fingerprint density at radius 2 is 0.892 bits per heavy atom. The summed E-state index contributed by atoms with van der Waals surface area (Å²) in [6, 6.07) is 46.9. The lowest BCUT2D eigenvalue weighted by molar-refractivity contribution is 0.794. The Kier molecular flexibility index (Phi) is 4.21. The maximum absolute atomic E-state index is 4.20. The Morgan fingerprint density at radius 1 is 0.378 bits per heavy atom. The van der Waals surface area contributed by atoms with Crippen LogP contribution in [0, 0.1) is 0 Å². The van der Waals surface area contributed by atoms with E-state index >= 15 is 0 Å². The monoisotopic (exact) mass is 469 g/mol. The van der Waals surface area contributed by atoms with E-state index in [0.29, 0.717) is 0 Å². The first-order chi connectivity index (χ1) is 18.4. The largest absolute Gasteiger partial charge is 0.265 e. The standard InChI is InChI=1S/C36H23N/c1-4-15-31-28(11-1)29-12-2-5-16-32(29)36(31)33-17-6-3-13-30(33)35-27(14-8-18-34(35)36)26-10-7-9-25(23-26)24-19-21-37-22-20-24/h1-23H. The van der Waals surface area contributed by atoms with Crippen molar-refractivity contribution in [3.8, 4) is 44.5 Å². The number of hydrogen-bond donors (Lipinski definition) is 0. The van der Waals surface area contributed by atoms with Crippen LogP contribution in [0.4, 0.5) is 0 Å². The van der Waals surface area contributed by atoms with Gasteiger partial charge in [-0.15, -0.1) is 0 Å². The summed E-state index contributed by atoms with van der Waals surface area (Å²) < 4.78 is 0. The van der Waals surface area contributed by atoms with Gasteiger partial charge in [0.2, 0.25) is 0 Å². The van der Waals surface area contributed by atoms with Crippen molar-refractivity contribution in [2.75, 3.05) is 0 Å². The first kappa shape index (κ1) is 20.4. The molecule has 0 atom stereocenters. The van der Waals surface area contributed by atoms with Crippen LogP contribution < -0.4 is 0 Å². The molecular weight excluding hydrogens is 446 g/mol. The summed E-state index contributed by atoms with van der Waals surface area (Å²) in [4.78, 5) is 4.20. The summed E-state index contributed by atoms with van der Waals surface area (Å²) in [5.41, 5.74) is 15.4. The van der Waals surface area contributed by atoms with Gasteiger partial charge in [0, 0.05) is 12.4 Å². The van der Waals surface area contributed by atoms with E-state index in [0.717, 1.165) is 0 Å². The average Bonchev–Trinajstić information content (AvgIpc) is 3.45. The highest BCUT2D eigenvalue weighted by Gasteiger charge is 2.51. The van der Waals surface area contributed by atoms with Crippen LogP contribution in [0.1, 0.15) is 22.3 Å². The predicted octanol–water partition coefficient (Wildman–Crippen LogP) is 8.76. The topological polar surface area (TPSA) is 12.9 Å². The van der Waals surface area contributed by atoms with E-state index in [1.54, 1.807) is 0 Å². The number of rotatable bonds is 2. The summed E-state index contributed by atoms with van der Waals surface area (Å²) in [7, 11) is 0. The zero-order valence-electron chi connectivity index (χ0n) is 20.2. The van der Waals surface area contributed by atoms with Crippen molar-refractivity contribution < 1.29 is 0 Å².